The first-order valence-electron chi connectivity index (χ1n) is 4.56. The summed E-state index contributed by atoms with van der Waals surface area (Å²) >= 11 is 0. The maximum atomic E-state index is 10.0. The van der Waals surface area contributed by atoms with Gasteiger partial charge < -0.3 is 27.4 Å². The Morgan fingerprint density at radius 1 is 1.06 bits per heavy atom. The number of rotatable bonds is 6. The third-order valence-corrected chi connectivity index (χ3v) is 1.39. The molecule has 0 heterocycles. The van der Waals surface area contributed by atoms with Gasteiger partial charge in [0.25, 0.3) is 0 Å². The molecule has 1 atom stereocenters. The largest absolute Gasteiger partial charge is 0.481 e. The summed E-state index contributed by atoms with van der Waals surface area (Å²) in [6.45, 7) is 0.732. The first-order valence-corrected chi connectivity index (χ1v) is 4.56. The van der Waals surface area contributed by atoms with E-state index in [0.717, 1.165) is 0 Å². The summed E-state index contributed by atoms with van der Waals surface area (Å²) in [6, 6.07) is -0.742. The van der Waals surface area contributed by atoms with Gasteiger partial charge in [-0.15, -0.1) is 24.8 Å². The summed E-state index contributed by atoms with van der Waals surface area (Å²) in [6.07, 6.45) is 1.21. The fraction of sp³-hybridized carbons (Fsp3) is 0.750. The summed E-state index contributed by atoms with van der Waals surface area (Å²) in [5.74, 6) is -1.79. The Labute approximate surface area is 113 Å². The predicted molar refractivity (Wildman–Crippen MR) is 69.7 cm³/mol. The Balaban J connectivity index is -0.0000000945. The molecule has 0 fully saturated rings. The highest BCUT2D eigenvalue weighted by atomic mass is 35.5. The molecule has 7 nitrogen and oxygen atoms in total. The lowest BCUT2D eigenvalue weighted by atomic mass is 10.2. The van der Waals surface area contributed by atoms with Crippen molar-refractivity contribution in [2.24, 2.45) is 17.2 Å². The lowest BCUT2D eigenvalue weighted by molar-refractivity contribution is -0.139. The van der Waals surface area contributed by atoms with Crippen LogP contribution in [-0.2, 0) is 9.59 Å². The number of hydrogen-bond donors (Lipinski definition) is 5. The van der Waals surface area contributed by atoms with Crippen LogP contribution in [0.4, 0.5) is 0 Å². The van der Waals surface area contributed by atoms with Crippen molar-refractivity contribution in [3.05, 3.63) is 0 Å². The molecular formula is C8H21Cl2N3O4. The molecule has 0 rings (SSSR count). The molecule has 0 aromatic rings. The second-order valence-electron chi connectivity index (χ2n) is 2.81. The molecule has 0 aliphatic heterocycles. The third-order valence-electron chi connectivity index (χ3n) is 1.39. The van der Waals surface area contributed by atoms with E-state index in [0.29, 0.717) is 19.4 Å². The van der Waals surface area contributed by atoms with E-state index in [1.165, 1.54) is 0 Å². The quantitative estimate of drug-likeness (QED) is 0.438. The van der Waals surface area contributed by atoms with E-state index in [-0.39, 0.29) is 37.8 Å². The average Bonchev–Trinajstić information content (AvgIpc) is 2.14. The Bertz CT molecular complexity index is 196. The lowest BCUT2D eigenvalue weighted by Crippen LogP contribution is -2.30. The fourth-order valence-electron chi connectivity index (χ4n) is 0.585. The van der Waals surface area contributed by atoms with Crippen LogP contribution in [0.15, 0.2) is 0 Å². The minimum absolute atomic E-state index is 0. The van der Waals surface area contributed by atoms with Crippen LogP contribution in [-0.4, -0.2) is 41.3 Å². The van der Waals surface area contributed by atoms with Crippen molar-refractivity contribution in [3.63, 3.8) is 0 Å². The minimum atomic E-state index is -0.955. The maximum absolute atomic E-state index is 10.0. The van der Waals surface area contributed by atoms with Crippen molar-refractivity contribution in [2.75, 3.05) is 13.1 Å². The molecule has 0 aromatic heterocycles. The van der Waals surface area contributed by atoms with Crippen molar-refractivity contribution in [1.82, 2.24) is 0 Å². The second-order valence-corrected chi connectivity index (χ2v) is 2.81. The molecule has 0 saturated heterocycles. The van der Waals surface area contributed by atoms with E-state index in [1.54, 1.807) is 0 Å². The zero-order valence-electron chi connectivity index (χ0n) is 9.37. The van der Waals surface area contributed by atoms with Gasteiger partial charge in [0.1, 0.15) is 6.04 Å². The average molecular weight is 294 g/mol. The van der Waals surface area contributed by atoms with Crippen molar-refractivity contribution in [2.45, 2.75) is 25.3 Å². The van der Waals surface area contributed by atoms with E-state index < -0.39 is 18.0 Å². The minimum Gasteiger partial charge on any atom is -0.481 e. The standard InChI is InChI=1S/C5H12N2O2.C3H7NO2.2ClH/c6-3-1-2-4(7)5(8)9;4-2-1-3(5)6;;/h4H,1-3,6-7H2,(H,8,9);1-2,4H2,(H,5,6);2*1H/t4-;;;/m0.../s1. The van der Waals surface area contributed by atoms with Crippen molar-refractivity contribution >= 4 is 36.8 Å². The molecule has 8 N–H and O–H groups in total. The number of nitrogens with two attached hydrogens (primary N) is 3. The van der Waals surface area contributed by atoms with E-state index in [4.69, 9.17) is 27.4 Å². The summed E-state index contributed by atoms with van der Waals surface area (Å²) < 4.78 is 0. The highest BCUT2D eigenvalue weighted by Crippen LogP contribution is 1.91. The highest BCUT2D eigenvalue weighted by molar-refractivity contribution is 5.85. The van der Waals surface area contributed by atoms with Crippen LogP contribution in [0.3, 0.4) is 0 Å². The van der Waals surface area contributed by atoms with Gasteiger partial charge in [-0.1, -0.05) is 0 Å². The Morgan fingerprint density at radius 2 is 1.53 bits per heavy atom. The normalized spacial score (nSPS) is 9.82. The monoisotopic (exact) mass is 293 g/mol. The van der Waals surface area contributed by atoms with Crippen molar-refractivity contribution in [3.8, 4) is 0 Å². The number of carboxylic acids is 2. The van der Waals surface area contributed by atoms with Gasteiger partial charge in [0, 0.05) is 6.54 Å². The van der Waals surface area contributed by atoms with Gasteiger partial charge in [-0.25, -0.2) is 0 Å². The number of aliphatic carboxylic acids is 2. The molecule has 0 saturated carbocycles. The van der Waals surface area contributed by atoms with Crippen LogP contribution in [0, 0.1) is 0 Å². The molecule has 106 valence electrons. The van der Waals surface area contributed by atoms with Crippen LogP contribution in [0.25, 0.3) is 0 Å². The number of halogens is 2. The molecule has 0 bridgehead atoms. The molecule has 0 spiro atoms. The lowest BCUT2D eigenvalue weighted by Gasteiger charge is -2.02. The number of carboxylic acid groups (broad SMARTS) is 2. The van der Waals surface area contributed by atoms with Crippen molar-refractivity contribution < 1.29 is 19.8 Å². The van der Waals surface area contributed by atoms with Gasteiger partial charge in [-0.05, 0) is 19.4 Å². The number of carbonyl (C=O) groups is 2. The van der Waals surface area contributed by atoms with E-state index in [2.05, 4.69) is 0 Å². The van der Waals surface area contributed by atoms with Crippen LogP contribution in [0.2, 0.25) is 0 Å². The molecule has 0 unspecified atom stereocenters. The fourth-order valence-corrected chi connectivity index (χ4v) is 0.585. The van der Waals surface area contributed by atoms with Gasteiger partial charge in [0.15, 0.2) is 0 Å². The van der Waals surface area contributed by atoms with E-state index >= 15 is 0 Å². The summed E-state index contributed by atoms with van der Waals surface area (Å²) in [5, 5.41) is 16.1. The molecular weight excluding hydrogens is 273 g/mol. The Morgan fingerprint density at radius 3 is 1.71 bits per heavy atom. The van der Waals surface area contributed by atoms with Gasteiger partial charge >= 0.3 is 11.9 Å². The van der Waals surface area contributed by atoms with Crippen LogP contribution >= 0.6 is 24.8 Å². The summed E-state index contributed by atoms with van der Waals surface area (Å²) in [4.78, 5) is 19.6. The smallest absolute Gasteiger partial charge is 0.320 e. The number of hydrogen-bond acceptors (Lipinski definition) is 5. The maximum Gasteiger partial charge on any atom is 0.320 e. The molecule has 0 aliphatic rings. The third kappa shape index (κ3) is 25.6. The van der Waals surface area contributed by atoms with Gasteiger partial charge in [0.2, 0.25) is 0 Å². The molecule has 0 aliphatic carbocycles. The topological polar surface area (TPSA) is 153 Å². The van der Waals surface area contributed by atoms with Crippen LogP contribution < -0.4 is 17.2 Å². The first-order chi connectivity index (χ1) is 6.95. The van der Waals surface area contributed by atoms with Crippen LogP contribution in [0.1, 0.15) is 19.3 Å². The molecule has 0 radical (unpaired) electrons. The predicted octanol–water partition coefficient (Wildman–Crippen LogP) is -0.599. The van der Waals surface area contributed by atoms with Gasteiger partial charge in [-0.2, -0.15) is 0 Å². The summed E-state index contributed by atoms with van der Waals surface area (Å²) in [5.41, 5.74) is 15.1. The molecule has 0 aromatic carbocycles. The first kappa shape index (κ1) is 25.3. The van der Waals surface area contributed by atoms with Crippen molar-refractivity contribution in [1.29, 1.82) is 0 Å². The second kappa shape index (κ2) is 17.8. The van der Waals surface area contributed by atoms with Gasteiger partial charge in [0.05, 0.1) is 6.42 Å². The zero-order chi connectivity index (χ0) is 12.3. The van der Waals surface area contributed by atoms with E-state index in [9.17, 15) is 9.59 Å². The SMILES string of the molecule is Cl.Cl.NCCC(=O)O.NCCC[C@H](N)C(=O)O. The summed E-state index contributed by atoms with van der Waals surface area (Å²) in [7, 11) is 0. The highest BCUT2D eigenvalue weighted by Gasteiger charge is 2.08. The molecule has 9 heteroatoms. The Hall–Kier alpha value is -0.600. The Kier molecular flexibility index (Phi) is 26.5. The molecule has 0 amide bonds. The zero-order valence-corrected chi connectivity index (χ0v) is 11.0. The molecule has 17 heavy (non-hydrogen) atoms. The van der Waals surface area contributed by atoms with Gasteiger partial charge in [-0.3, -0.25) is 9.59 Å². The van der Waals surface area contributed by atoms with Crippen LogP contribution in [0.5, 0.6) is 0 Å². The van der Waals surface area contributed by atoms with E-state index in [1.807, 2.05) is 0 Å².